The molecular formula is C19H21N3O. The van der Waals surface area contributed by atoms with Crippen LogP contribution in [-0.2, 0) is 0 Å². The summed E-state index contributed by atoms with van der Waals surface area (Å²) in [5.74, 6) is 0.0579. The quantitative estimate of drug-likeness (QED) is 0.735. The van der Waals surface area contributed by atoms with E-state index in [9.17, 15) is 4.79 Å². The van der Waals surface area contributed by atoms with Gasteiger partial charge >= 0.3 is 0 Å². The third-order valence-electron chi connectivity index (χ3n) is 4.10. The van der Waals surface area contributed by atoms with Crippen molar-refractivity contribution < 1.29 is 4.79 Å². The van der Waals surface area contributed by atoms with Crippen LogP contribution in [0.15, 0.2) is 48.8 Å². The summed E-state index contributed by atoms with van der Waals surface area (Å²) in [4.78, 5) is 18.9. The maximum Gasteiger partial charge on any atom is 0.255 e. The number of benzene rings is 1. The fraction of sp³-hybridized carbons (Fsp3) is 0.263. The topological polar surface area (TPSA) is 37.6 Å². The van der Waals surface area contributed by atoms with Crippen molar-refractivity contribution in [1.82, 2.24) is 14.3 Å². The Labute approximate surface area is 136 Å². The van der Waals surface area contributed by atoms with E-state index >= 15 is 0 Å². The van der Waals surface area contributed by atoms with E-state index < -0.39 is 0 Å². The molecule has 23 heavy (non-hydrogen) atoms. The molecule has 2 heterocycles. The highest BCUT2D eigenvalue weighted by atomic mass is 16.2. The molecule has 2 aromatic heterocycles. The van der Waals surface area contributed by atoms with E-state index in [-0.39, 0.29) is 5.91 Å². The van der Waals surface area contributed by atoms with Gasteiger partial charge < -0.3 is 9.30 Å². The maximum atomic E-state index is 12.5. The largest absolute Gasteiger partial charge is 0.339 e. The van der Waals surface area contributed by atoms with Crippen LogP contribution in [0, 0.1) is 6.92 Å². The number of nitrogens with zero attached hydrogens (tertiary/aromatic N) is 3. The summed E-state index contributed by atoms with van der Waals surface area (Å²) in [7, 11) is 0. The monoisotopic (exact) mass is 307 g/mol. The normalized spacial score (nSPS) is 10.9. The third-order valence-corrected chi connectivity index (χ3v) is 4.10. The number of carbonyl (C=O) groups excluding carboxylic acids is 1. The molecule has 4 heteroatoms. The minimum absolute atomic E-state index is 0.0579. The zero-order chi connectivity index (χ0) is 16.4. The molecule has 0 fully saturated rings. The molecule has 0 saturated heterocycles. The zero-order valence-electron chi connectivity index (χ0n) is 13.8. The highest BCUT2D eigenvalue weighted by Crippen LogP contribution is 2.20. The number of imidazole rings is 1. The van der Waals surface area contributed by atoms with E-state index in [1.54, 1.807) is 0 Å². The average molecular weight is 307 g/mol. The van der Waals surface area contributed by atoms with Gasteiger partial charge in [-0.05, 0) is 32.9 Å². The highest BCUT2D eigenvalue weighted by molar-refractivity contribution is 5.94. The number of hydrogen-bond acceptors (Lipinski definition) is 2. The standard InChI is InChI=1S/C19H21N3O/c1-4-21(5-2)19(23)16-10-11-18-20-17(13-22(18)12-16)15-8-6-14(3)7-9-15/h6-13H,4-5H2,1-3H3. The Morgan fingerprint density at radius 3 is 2.39 bits per heavy atom. The van der Waals surface area contributed by atoms with Crippen molar-refractivity contribution in [3.8, 4) is 11.3 Å². The van der Waals surface area contributed by atoms with Gasteiger partial charge in [-0.15, -0.1) is 0 Å². The SMILES string of the molecule is CCN(CC)C(=O)c1ccc2nc(-c3ccc(C)cc3)cn2c1. The van der Waals surface area contributed by atoms with Crippen molar-refractivity contribution >= 4 is 11.6 Å². The first-order valence-electron chi connectivity index (χ1n) is 7.97. The fourth-order valence-electron chi connectivity index (χ4n) is 2.68. The van der Waals surface area contributed by atoms with E-state index in [0.717, 1.165) is 16.9 Å². The van der Waals surface area contributed by atoms with Gasteiger partial charge in [0.25, 0.3) is 5.91 Å². The van der Waals surface area contributed by atoms with Gasteiger partial charge in [0.1, 0.15) is 5.65 Å². The molecule has 1 amide bonds. The van der Waals surface area contributed by atoms with Crippen LogP contribution >= 0.6 is 0 Å². The van der Waals surface area contributed by atoms with Crippen molar-refractivity contribution in [1.29, 1.82) is 0 Å². The summed E-state index contributed by atoms with van der Waals surface area (Å²) in [6.07, 6.45) is 3.83. The fourth-order valence-corrected chi connectivity index (χ4v) is 2.68. The maximum absolute atomic E-state index is 12.5. The first-order chi connectivity index (χ1) is 11.1. The first kappa shape index (κ1) is 15.3. The summed E-state index contributed by atoms with van der Waals surface area (Å²) in [6, 6.07) is 12.0. The second kappa shape index (κ2) is 6.24. The molecule has 0 bridgehead atoms. The average Bonchev–Trinajstić information content (AvgIpc) is 2.99. The number of carbonyl (C=O) groups is 1. The molecule has 0 aliphatic rings. The number of aryl methyl sites for hydroxylation is 1. The van der Waals surface area contributed by atoms with Gasteiger partial charge in [-0.25, -0.2) is 4.98 Å². The Morgan fingerprint density at radius 1 is 1.04 bits per heavy atom. The number of amides is 1. The molecule has 4 nitrogen and oxygen atoms in total. The van der Waals surface area contributed by atoms with Crippen LogP contribution < -0.4 is 0 Å². The summed E-state index contributed by atoms with van der Waals surface area (Å²) >= 11 is 0. The van der Waals surface area contributed by atoms with Crippen LogP contribution in [0.3, 0.4) is 0 Å². The predicted octanol–water partition coefficient (Wildman–Crippen LogP) is 3.79. The molecule has 3 rings (SSSR count). The number of hydrogen-bond donors (Lipinski definition) is 0. The van der Waals surface area contributed by atoms with Crippen molar-refractivity contribution in [2.75, 3.05) is 13.1 Å². The first-order valence-corrected chi connectivity index (χ1v) is 7.97. The minimum atomic E-state index is 0.0579. The predicted molar refractivity (Wildman–Crippen MR) is 92.6 cm³/mol. The second-order valence-electron chi connectivity index (χ2n) is 5.65. The number of aromatic nitrogens is 2. The molecule has 0 unspecified atom stereocenters. The summed E-state index contributed by atoms with van der Waals surface area (Å²) in [5.41, 5.74) is 4.75. The van der Waals surface area contributed by atoms with Crippen LogP contribution in [0.5, 0.6) is 0 Å². The van der Waals surface area contributed by atoms with Gasteiger partial charge in [0.15, 0.2) is 0 Å². The van der Waals surface area contributed by atoms with Crippen LogP contribution in [0.1, 0.15) is 29.8 Å². The Balaban J connectivity index is 1.98. The van der Waals surface area contributed by atoms with Gasteiger partial charge in [-0.2, -0.15) is 0 Å². The molecule has 118 valence electrons. The number of pyridine rings is 1. The Hall–Kier alpha value is -2.62. The molecule has 0 spiro atoms. The molecule has 0 saturated carbocycles. The van der Waals surface area contributed by atoms with Crippen LogP contribution in [0.25, 0.3) is 16.9 Å². The van der Waals surface area contributed by atoms with Gasteiger partial charge in [-0.1, -0.05) is 29.8 Å². The van der Waals surface area contributed by atoms with E-state index in [1.165, 1.54) is 5.56 Å². The number of fused-ring (bicyclic) bond motifs is 1. The van der Waals surface area contributed by atoms with Crippen molar-refractivity contribution in [2.45, 2.75) is 20.8 Å². The Kier molecular flexibility index (Phi) is 4.15. The minimum Gasteiger partial charge on any atom is -0.339 e. The summed E-state index contributed by atoms with van der Waals surface area (Å²) < 4.78 is 1.92. The lowest BCUT2D eigenvalue weighted by Crippen LogP contribution is -2.30. The van der Waals surface area contributed by atoms with Gasteiger partial charge in [0, 0.05) is 31.0 Å². The lowest BCUT2D eigenvalue weighted by Gasteiger charge is -2.18. The van der Waals surface area contributed by atoms with Gasteiger partial charge in [0.05, 0.1) is 11.3 Å². The Bertz CT molecular complexity index is 829. The molecule has 0 radical (unpaired) electrons. The third kappa shape index (κ3) is 2.97. The molecule has 0 aliphatic heterocycles. The molecular weight excluding hydrogens is 286 g/mol. The van der Waals surface area contributed by atoms with Gasteiger partial charge in [-0.3, -0.25) is 4.79 Å². The van der Waals surface area contributed by atoms with Crippen LogP contribution in [0.4, 0.5) is 0 Å². The van der Waals surface area contributed by atoms with Crippen molar-refractivity contribution in [2.24, 2.45) is 0 Å². The van der Waals surface area contributed by atoms with E-state index in [4.69, 9.17) is 0 Å². The van der Waals surface area contributed by atoms with E-state index in [2.05, 4.69) is 36.2 Å². The Morgan fingerprint density at radius 2 is 1.74 bits per heavy atom. The lowest BCUT2D eigenvalue weighted by atomic mass is 10.1. The van der Waals surface area contributed by atoms with Crippen LogP contribution in [-0.4, -0.2) is 33.3 Å². The molecule has 0 N–H and O–H groups in total. The molecule has 0 atom stereocenters. The summed E-state index contributed by atoms with van der Waals surface area (Å²) in [6.45, 7) is 7.48. The van der Waals surface area contributed by atoms with Crippen molar-refractivity contribution in [3.63, 3.8) is 0 Å². The van der Waals surface area contributed by atoms with Crippen LogP contribution in [0.2, 0.25) is 0 Å². The van der Waals surface area contributed by atoms with E-state index in [1.807, 2.05) is 47.7 Å². The van der Waals surface area contributed by atoms with Crippen molar-refractivity contribution in [3.05, 3.63) is 59.9 Å². The molecule has 3 aromatic rings. The number of rotatable bonds is 4. The zero-order valence-corrected chi connectivity index (χ0v) is 13.8. The van der Waals surface area contributed by atoms with E-state index in [0.29, 0.717) is 18.7 Å². The summed E-state index contributed by atoms with van der Waals surface area (Å²) in [5, 5.41) is 0. The van der Waals surface area contributed by atoms with Gasteiger partial charge in [0.2, 0.25) is 0 Å². The smallest absolute Gasteiger partial charge is 0.255 e. The second-order valence-corrected chi connectivity index (χ2v) is 5.65. The molecule has 0 aliphatic carbocycles. The lowest BCUT2D eigenvalue weighted by molar-refractivity contribution is 0.0772. The highest BCUT2D eigenvalue weighted by Gasteiger charge is 2.13. The molecule has 1 aromatic carbocycles.